The molecule has 1 N–H and O–H groups in total. The van der Waals surface area contributed by atoms with Gasteiger partial charge in [-0.1, -0.05) is 6.92 Å². The number of likely N-dealkylation sites (N-methyl/N-ethyl adjacent to an activating group) is 1. The van der Waals surface area contributed by atoms with Gasteiger partial charge in [0, 0.05) is 18.9 Å². The van der Waals surface area contributed by atoms with Crippen LogP contribution in [0.1, 0.15) is 26.7 Å². The van der Waals surface area contributed by atoms with E-state index in [9.17, 15) is 4.79 Å². The zero-order valence-electron chi connectivity index (χ0n) is 9.51. The normalized spacial score (nSPS) is 24.7. The van der Waals surface area contributed by atoms with Crippen LogP contribution in [-0.2, 0) is 9.53 Å². The predicted octanol–water partition coefficient (Wildman–Crippen LogP) is 0.983. The quantitative estimate of drug-likeness (QED) is 0.686. The van der Waals surface area contributed by atoms with E-state index in [0.29, 0.717) is 26.1 Å². The molecule has 0 spiro atoms. The highest BCUT2D eigenvalue weighted by Crippen LogP contribution is 2.16. The lowest BCUT2D eigenvalue weighted by atomic mass is 9.95. The van der Waals surface area contributed by atoms with E-state index in [2.05, 4.69) is 17.2 Å². The summed E-state index contributed by atoms with van der Waals surface area (Å²) in [6.07, 6.45) is 1.22. The molecule has 2 atom stereocenters. The zero-order valence-corrected chi connectivity index (χ0v) is 9.51. The largest absolute Gasteiger partial charge is 0.379 e. The fourth-order valence-electron chi connectivity index (χ4n) is 1.83. The molecule has 2 unspecified atom stereocenters. The van der Waals surface area contributed by atoms with Gasteiger partial charge in [0.05, 0.1) is 19.1 Å². The minimum absolute atomic E-state index is 0.0311. The Morgan fingerprint density at radius 2 is 2.33 bits per heavy atom. The third-order valence-electron chi connectivity index (χ3n) is 2.63. The first kappa shape index (κ1) is 12.2. The fourth-order valence-corrected chi connectivity index (χ4v) is 1.83. The first-order valence-corrected chi connectivity index (χ1v) is 5.53. The molecule has 84 valence electrons. The predicted molar refractivity (Wildman–Crippen MR) is 59.5 cm³/mol. The van der Waals surface area contributed by atoms with Crippen LogP contribution >= 0.6 is 0 Å². The molecule has 1 rings (SSSR count). The van der Waals surface area contributed by atoms with Gasteiger partial charge in [-0.15, -0.1) is 11.8 Å². The van der Waals surface area contributed by atoms with Crippen LogP contribution in [0.4, 0.5) is 0 Å². The summed E-state index contributed by atoms with van der Waals surface area (Å²) in [5, 5.41) is 3.28. The van der Waals surface area contributed by atoms with Crippen molar-refractivity contribution in [2.24, 2.45) is 5.92 Å². The fraction of sp³-hybridized carbons (Fsp3) is 0.750. The number of ether oxygens (including phenoxy) is 1. The molecule has 0 aliphatic carbocycles. The monoisotopic (exact) mass is 209 g/mol. The van der Waals surface area contributed by atoms with E-state index in [1.165, 1.54) is 0 Å². The molecule has 3 heteroatoms. The average molecular weight is 209 g/mol. The number of carbonyl (C=O) groups excluding carboxylic acids is 1. The van der Waals surface area contributed by atoms with Crippen LogP contribution in [0, 0.1) is 17.8 Å². The molecule has 0 saturated carbocycles. The maximum Gasteiger partial charge on any atom is 0.140 e. The van der Waals surface area contributed by atoms with Crippen molar-refractivity contribution in [3.8, 4) is 11.8 Å². The Morgan fingerprint density at radius 3 is 3.00 bits per heavy atom. The van der Waals surface area contributed by atoms with Gasteiger partial charge < -0.3 is 10.1 Å². The van der Waals surface area contributed by atoms with E-state index in [1.807, 2.05) is 6.92 Å². The van der Waals surface area contributed by atoms with E-state index >= 15 is 0 Å². The summed E-state index contributed by atoms with van der Waals surface area (Å²) in [4.78, 5) is 11.8. The standard InChI is InChI=1S/C12H19NO2/c1-3-5-6-7-12(14)10-8-15-9-11(10)13-4-2/h10-11,13H,4,6-9H2,1-2H3. The van der Waals surface area contributed by atoms with Crippen LogP contribution in [0.2, 0.25) is 0 Å². The number of hydrogen-bond acceptors (Lipinski definition) is 3. The maximum atomic E-state index is 11.8. The van der Waals surface area contributed by atoms with Crippen molar-refractivity contribution >= 4 is 5.78 Å². The Morgan fingerprint density at radius 1 is 1.53 bits per heavy atom. The van der Waals surface area contributed by atoms with E-state index in [1.54, 1.807) is 6.92 Å². The summed E-state index contributed by atoms with van der Waals surface area (Å²) in [5.41, 5.74) is 0. The van der Waals surface area contributed by atoms with E-state index in [-0.39, 0.29) is 17.7 Å². The topological polar surface area (TPSA) is 38.3 Å². The Bertz CT molecular complexity index is 265. The van der Waals surface area contributed by atoms with Crippen molar-refractivity contribution in [3.05, 3.63) is 0 Å². The molecular weight excluding hydrogens is 190 g/mol. The Hall–Kier alpha value is -0.850. The number of Topliss-reactive ketones (excluding diaryl/α,β-unsaturated/α-hetero) is 1. The highest BCUT2D eigenvalue weighted by Gasteiger charge is 2.32. The van der Waals surface area contributed by atoms with E-state index in [0.717, 1.165) is 6.54 Å². The maximum absolute atomic E-state index is 11.8. The molecule has 0 aromatic heterocycles. The minimum Gasteiger partial charge on any atom is -0.379 e. The Balaban J connectivity index is 2.38. The first-order valence-electron chi connectivity index (χ1n) is 5.53. The molecular formula is C12H19NO2. The second-order valence-corrected chi connectivity index (χ2v) is 3.70. The summed E-state index contributed by atoms with van der Waals surface area (Å²) in [7, 11) is 0. The van der Waals surface area contributed by atoms with Gasteiger partial charge in [0.2, 0.25) is 0 Å². The van der Waals surface area contributed by atoms with Gasteiger partial charge in [-0.25, -0.2) is 0 Å². The summed E-state index contributed by atoms with van der Waals surface area (Å²) in [5.74, 6) is 6.03. The molecule has 0 amide bonds. The third-order valence-corrected chi connectivity index (χ3v) is 2.63. The summed E-state index contributed by atoms with van der Waals surface area (Å²) in [6, 6.07) is 0.206. The highest BCUT2D eigenvalue weighted by molar-refractivity contribution is 5.82. The van der Waals surface area contributed by atoms with Crippen LogP contribution in [0.3, 0.4) is 0 Å². The molecule has 1 aliphatic rings. The second kappa shape index (κ2) is 6.60. The molecule has 0 bridgehead atoms. The minimum atomic E-state index is 0.0311. The zero-order chi connectivity index (χ0) is 11.1. The molecule has 0 aromatic rings. The van der Waals surface area contributed by atoms with Crippen molar-refractivity contribution in [3.63, 3.8) is 0 Å². The van der Waals surface area contributed by atoms with E-state index < -0.39 is 0 Å². The highest BCUT2D eigenvalue weighted by atomic mass is 16.5. The van der Waals surface area contributed by atoms with Crippen molar-refractivity contribution < 1.29 is 9.53 Å². The second-order valence-electron chi connectivity index (χ2n) is 3.70. The van der Waals surface area contributed by atoms with Crippen LogP contribution < -0.4 is 5.32 Å². The molecule has 0 radical (unpaired) electrons. The number of hydrogen-bond donors (Lipinski definition) is 1. The molecule has 1 saturated heterocycles. The van der Waals surface area contributed by atoms with Crippen molar-refractivity contribution in [1.82, 2.24) is 5.32 Å². The molecule has 15 heavy (non-hydrogen) atoms. The van der Waals surface area contributed by atoms with Gasteiger partial charge in [-0.05, 0) is 13.5 Å². The van der Waals surface area contributed by atoms with Crippen molar-refractivity contribution in [2.45, 2.75) is 32.7 Å². The Kier molecular flexibility index (Phi) is 5.38. The van der Waals surface area contributed by atoms with E-state index in [4.69, 9.17) is 4.74 Å². The molecule has 3 nitrogen and oxygen atoms in total. The van der Waals surface area contributed by atoms with Crippen molar-refractivity contribution in [2.75, 3.05) is 19.8 Å². The molecule has 1 heterocycles. The number of nitrogens with one attached hydrogen (secondary N) is 1. The lowest BCUT2D eigenvalue weighted by molar-refractivity contribution is -0.123. The smallest absolute Gasteiger partial charge is 0.140 e. The summed E-state index contributed by atoms with van der Waals surface area (Å²) >= 11 is 0. The molecule has 1 aliphatic heterocycles. The average Bonchev–Trinajstić information content (AvgIpc) is 2.67. The lowest BCUT2D eigenvalue weighted by Crippen LogP contribution is -2.39. The SMILES string of the molecule is CC#CCCC(=O)C1COCC1NCC. The van der Waals surface area contributed by atoms with Crippen LogP contribution in [0.15, 0.2) is 0 Å². The van der Waals surface area contributed by atoms with Gasteiger partial charge in [-0.2, -0.15) is 0 Å². The van der Waals surface area contributed by atoms with Crippen molar-refractivity contribution in [1.29, 1.82) is 0 Å². The summed E-state index contributed by atoms with van der Waals surface area (Å²) < 4.78 is 5.33. The Labute approximate surface area is 91.6 Å². The summed E-state index contributed by atoms with van der Waals surface area (Å²) in [6.45, 7) is 5.94. The molecule has 1 fully saturated rings. The number of ketones is 1. The third kappa shape index (κ3) is 3.65. The lowest BCUT2D eigenvalue weighted by Gasteiger charge is -2.16. The van der Waals surface area contributed by atoms with Gasteiger partial charge in [0.15, 0.2) is 0 Å². The van der Waals surface area contributed by atoms with Gasteiger partial charge in [0.25, 0.3) is 0 Å². The van der Waals surface area contributed by atoms with Crippen LogP contribution in [0.25, 0.3) is 0 Å². The first-order chi connectivity index (χ1) is 7.29. The number of carbonyl (C=O) groups is 1. The number of rotatable bonds is 5. The van der Waals surface area contributed by atoms with Gasteiger partial charge in [0.1, 0.15) is 5.78 Å². The molecule has 0 aromatic carbocycles. The van der Waals surface area contributed by atoms with Crippen LogP contribution in [0.5, 0.6) is 0 Å². The van der Waals surface area contributed by atoms with Gasteiger partial charge >= 0.3 is 0 Å². The van der Waals surface area contributed by atoms with Crippen LogP contribution in [-0.4, -0.2) is 31.6 Å². The van der Waals surface area contributed by atoms with Gasteiger partial charge in [-0.3, -0.25) is 4.79 Å².